The standard InChI is InChI=1S/C17H17F3N2O3/c1-9-14(11(3)23)10(2)21-15(9)16(24)22-12-6-4-5-7-13(12)25-8-17(18,19)20/h4-7,21H,8H2,1-3H3,(H,22,24). The number of carbonyl (C=O) groups is 2. The number of aryl methyl sites for hydroxylation is 1. The molecule has 0 aliphatic carbocycles. The zero-order chi connectivity index (χ0) is 18.8. The average Bonchev–Trinajstić information content (AvgIpc) is 2.80. The van der Waals surface area contributed by atoms with Crippen molar-refractivity contribution in [3.8, 4) is 5.75 Å². The van der Waals surface area contributed by atoms with Gasteiger partial charge < -0.3 is 15.0 Å². The van der Waals surface area contributed by atoms with Crippen LogP contribution in [0.1, 0.15) is 39.0 Å². The maximum absolute atomic E-state index is 12.4. The summed E-state index contributed by atoms with van der Waals surface area (Å²) in [6.07, 6.45) is -4.49. The Balaban J connectivity index is 2.25. The first-order valence-electron chi connectivity index (χ1n) is 7.40. The summed E-state index contributed by atoms with van der Waals surface area (Å²) in [5.41, 5.74) is 1.74. The van der Waals surface area contributed by atoms with Crippen LogP contribution in [0.2, 0.25) is 0 Å². The van der Waals surface area contributed by atoms with Gasteiger partial charge in [0.15, 0.2) is 12.4 Å². The normalized spacial score (nSPS) is 11.3. The highest BCUT2D eigenvalue weighted by Crippen LogP contribution is 2.27. The van der Waals surface area contributed by atoms with Gasteiger partial charge in [0, 0.05) is 11.3 Å². The highest BCUT2D eigenvalue weighted by molar-refractivity contribution is 6.08. The molecule has 5 nitrogen and oxygen atoms in total. The molecule has 0 bridgehead atoms. The van der Waals surface area contributed by atoms with E-state index >= 15 is 0 Å². The predicted octanol–water partition coefficient (Wildman–Crippen LogP) is 4.03. The maximum Gasteiger partial charge on any atom is 0.422 e. The van der Waals surface area contributed by atoms with Gasteiger partial charge in [-0.05, 0) is 38.5 Å². The van der Waals surface area contributed by atoms with E-state index in [1.54, 1.807) is 19.9 Å². The van der Waals surface area contributed by atoms with Gasteiger partial charge in [0.2, 0.25) is 0 Å². The van der Waals surface area contributed by atoms with E-state index in [9.17, 15) is 22.8 Å². The molecule has 8 heteroatoms. The number of anilines is 1. The van der Waals surface area contributed by atoms with E-state index in [1.807, 2.05) is 0 Å². The molecule has 0 atom stereocenters. The van der Waals surface area contributed by atoms with Crippen molar-refractivity contribution >= 4 is 17.4 Å². The zero-order valence-corrected chi connectivity index (χ0v) is 13.9. The summed E-state index contributed by atoms with van der Waals surface area (Å²) >= 11 is 0. The molecule has 0 aliphatic heterocycles. The molecule has 0 saturated heterocycles. The van der Waals surface area contributed by atoms with Crippen LogP contribution in [0, 0.1) is 13.8 Å². The summed E-state index contributed by atoms with van der Waals surface area (Å²) in [6, 6.07) is 5.82. The van der Waals surface area contributed by atoms with Crippen LogP contribution >= 0.6 is 0 Å². The summed E-state index contributed by atoms with van der Waals surface area (Å²) in [5.74, 6) is -0.851. The number of aromatic amines is 1. The first-order valence-corrected chi connectivity index (χ1v) is 7.40. The van der Waals surface area contributed by atoms with Gasteiger partial charge in [-0.25, -0.2) is 0 Å². The van der Waals surface area contributed by atoms with Gasteiger partial charge in [-0.3, -0.25) is 9.59 Å². The lowest BCUT2D eigenvalue weighted by Crippen LogP contribution is -2.20. The molecular weight excluding hydrogens is 337 g/mol. The summed E-state index contributed by atoms with van der Waals surface area (Å²) in [5, 5.41) is 2.51. The molecule has 0 radical (unpaired) electrons. The summed E-state index contributed by atoms with van der Waals surface area (Å²) < 4.78 is 41.7. The van der Waals surface area contributed by atoms with Crippen LogP contribution in [0.25, 0.3) is 0 Å². The maximum atomic E-state index is 12.4. The number of para-hydroxylation sites is 2. The van der Waals surface area contributed by atoms with E-state index in [-0.39, 0.29) is 22.9 Å². The van der Waals surface area contributed by atoms with Crippen molar-refractivity contribution in [1.82, 2.24) is 4.98 Å². The Morgan fingerprint density at radius 2 is 1.84 bits per heavy atom. The second-order valence-electron chi connectivity index (χ2n) is 5.54. The van der Waals surface area contributed by atoms with E-state index < -0.39 is 18.7 Å². The monoisotopic (exact) mass is 354 g/mol. The number of amides is 1. The number of rotatable bonds is 5. The quantitative estimate of drug-likeness (QED) is 0.797. The smallest absolute Gasteiger partial charge is 0.422 e. The van der Waals surface area contributed by atoms with Crippen molar-refractivity contribution in [3.63, 3.8) is 0 Å². The number of alkyl halides is 3. The van der Waals surface area contributed by atoms with Gasteiger partial charge in [-0.15, -0.1) is 0 Å². The number of ether oxygens (including phenoxy) is 1. The second-order valence-corrected chi connectivity index (χ2v) is 5.54. The SMILES string of the molecule is CC(=O)c1c(C)[nH]c(C(=O)Nc2ccccc2OCC(F)(F)F)c1C. The zero-order valence-electron chi connectivity index (χ0n) is 13.9. The van der Waals surface area contributed by atoms with Gasteiger partial charge >= 0.3 is 6.18 Å². The highest BCUT2D eigenvalue weighted by Gasteiger charge is 2.29. The van der Waals surface area contributed by atoms with Crippen LogP contribution in [0.4, 0.5) is 18.9 Å². The largest absolute Gasteiger partial charge is 0.482 e. The third-order valence-electron chi connectivity index (χ3n) is 3.54. The van der Waals surface area contributed by atoms with E-state index in [1.165, 1.54) is 25.1 Å². The van der Waals surface area contributed by atoms with Gasteiger partial charge in [-0.2, -0.15) is 13.2 Å². The Kier molecular flexibility index (Phi) is 5.20. The highest BCUT2D eigenvalue weighted by atomic mass is 19.4. The molecule has 2 aromatic rings. The lowest BCUT2D eigenvalue weighted by Gasteiger charge is -2.13. The molecule has 1 aromatic heterocycles. The number of hydrogen-bond donors (Lipinski definition) is 2. The van der Waals surface area contributed by atoms with Crippen LogP contribution < -0.4 is 10.1 Å². The van der Waals surface area contributed by atoms with Crippen molar-refractivity contribution in [2.24, 2.45) is 0 Å². The molecule has 0 aliphatic rings. The fourth-order valence-corrected chi connectivity index (χ4v) is 2.55. The second kappa shape index (κ2) is 7.00. The number of halogens is 3. The Morgan fingerprint density at radius 3 is 2.40 bits per heavy atom. The summed E-state index contributed by atoms with van der Waals surface area (Å²) in [6.45, 7) is 3.22. The average molecular weight is 354 g/mol. The van der Waals surface area contributed by atoms with Crippen molar-refractivity contribution in [2.45, 2.75) is 26.9 Å². The molecule has 1 amide bonds. The molecular formula is C17H17F3N2O3. The van der Waals surface area contributed by atoms with Crippen LogP contribution in [0.15, 0.2) is 24.3 Å². The number of Topliss-reactive ketones (excluding diaryl/α,β-unsaturated/α-hetero) is 1. The van der Waals surface area contributed by atoms with Crippen molar-refractivity contribution in [3.05, 3.63) is 46.8 Å². The summed E-state index contributed by atoms with van der Waals surface area (Å²) in [7, 11) is 0. The summed E-state index contributed by atoms with van der Waals surface area (Å²) in [4.78, 5) is 26.9. The molecule has 25 heavy (non-hydrogen) atoms. The van der Waals surface area contributed by atoms with Crippen LogP contribution in [0.5, 0.6) is 5.75 Å². The number of ketones is 1. The molecule has 0 unspecified atom stereocenters. The molecule has 2 rings (SSSR count). The Bertz CT molecular complexity index is 810. The predicted molar refractivity (Wildman–Crippen MR) is 86.2 cm³/mol. The van der Waals surface area contributed by atoms with Crippen molar-refractivity contribution in [1.29, 1.82) is 0 Å². The number of hydrogen-bond acceptors (Lipinski definition) is 3. The third kappa shape index (κ3) is 4.40. The topological polar surface area (TPSA) is 71.2 Å². The number of carbonyl (C=O) groups excluding carboxylic acids is 2. The minimum Gasteiger partial charge on any atom is -0.482 e. The van der Waals surface area contributed by atoms with Crippen LogP contribution in [0.3, 0.4) is 0 Å². The minimum atomic E-state index is -4.49. The lowest BCUT2D eigenvalue weighted by atomic mass is 10.1. The molecule has 0 saturated carbocycles. The van der Waals surface area contributed by atoms with E-state index in [2.05, 4.69) is 10.3 Å². The molecule has 0 spiro atoms. The molecule has 1 aromatic carbocycles. The molecule has 1 heterocycles. The molecule has 2 N–H and O–H groups in total. The fraction of sp³-hybridized carbons (Fsp3) is 0.294. The Morgan fingerprint density at radius 1 is 1.20 bits per heavy atom. The molecule has 134 valence electrons. The van der Waals surface area contributed by atoms with Gasteiger partial charge in [0.1, 0.15) is 11.4 Å². The Hall–Kier alpha value is -2.77. The first-order chi connectivity index (χ1) is 11.6. The Labute approximate surface area is 142 Å². The van der Waals surface area contributed by atoms with Crippen LogP contribution in [-0.4, -0.2) is 29.5 Å². The van der Waals surface area contributed by atoms with Crippen molar-refractivity contribution in [2.75, 3.05) is 11.9 Å². The van der Waals surface area contributed by atoms with E-state index in [0.717, 1.165) is 0 Å². The number of nitrogens with one attached hydrogen (secondary N) is 2. The van der Waals surface area contributed by atoms with Gasteiger partial charge in [0.25, 0.3) is 5.91 Å². The molecule has 0 fully saturated rings. The third-order valence-corrected chi connectivity index (χ3v) is 3.54. The van der Waals surface area contributed by atoms with E-state index in [0.29, 0.717) is 16.8 Å². The van der Waals surface area contributed by atoms with E-state index in [4.69, 9.17) is 4.74 Å². The number of H-pyrrole nitrogens is 1. The van der Waals surface area contributed by atoms with Crippen molar-refractivity contribution < 1.29 is 27.5 Å². The van der Waals surface area contributed by atoms with Crippen LogP contribution in [-0.2, 0) is 0 Å². The lowest BCUT2D eigenvalue weighted by molar-refractivity contribution is -0.153. The fourth-order valence-electron chi connectivity index (χ4n) is 2.55. The number of benzene rings is 1. The van der Waals surface area contributed by atoms with Gasteiger partial charge in [-0.1, -0.05) is 12.1 Å². The van der Waals surface area contributed by atoms with Gasteiger partial charge in [0.05, 0.1) is 5.69 Å². The number of aromatic nitrogens is 1. The first kappa shape index (κ1) is 18.6. The minimum absolute atomic E-state index is 0.0964.